The number of nitrogens with zero attached hydrogens (tertiary/aromatic N) is 1. The maximum atomic E-state index is 2.65. The molecule has 1 atom stereocenters. The maximum Gasteiger partial charge on any atom is 0.0311 e. The van der Waals surface area contributed by atoms with Crippen molar-refractivity contribution in [1.29, 1.82) is 0 Å². The van der Waals surface area contributed by atoms with Crippen LogP contribution < -0.4 is 0 Å². The summed E-state index contributed by atoms with van der Waals surface area (Å²) in [5.41, 5.74) is 3.16. The molecule has 1 heteroatoms. The number of allylic oxidation sites excluding steroid dienone is 1. The van der Waals surface area contributed by atoms with Crippen molar-refractivity contribution in [2.75, 3.05) is 6.54 Å². The second-order valence-corrected chi connectivity index (χ2v) is 4.93. The van der Waals surface area contributed by atoms with Gasteiger partial charge in [-0.05, 0) is 31.2 Å². The van der Waals surface area contributed by atoms with E-state index in [4.69, 9.17) is 0 Å². The van der Waals surface area contributed by atoms with Gasteiger partial charge in [0.15, 0.2) is 0 Å². The van der Waals surface area contributed by atoms with E-state index >= 15 is 0 Å². The van der Waals surface area contributed by atoms with Gasteiger partial charge in [0.1, 0.15) is 0 Å². The lowest BCUT2D eigenvalue weighted by molar-refractivity contribution is 0.244. The largest absolute Gasteiger partial charge is 0.292 e. The maximum absolute atomic E-state index is 2.65. The molecule has 1 unspecified atom stereocenters. The SMILES string of the molecule is C1=C2CCN(Cc3ccccc3)C2CCC1. The molecule has 0 amide bonds. The minimum Gasteiger partial charge on any atom is -0.292 e. The summed E-state index contributed by atoms with van der Waals surface area (Å²) in [5, 5.41) is 0. The highest BCUT2D eigenvalue weighted by molar-refractivity contribution is 5.21. The van der Waals surface area contributed by atoms with E-state index in [1.54, 1.807) is 5.57 Å². The number of rotatable bonds is 2. The van der Waals surface area contributed by atoms with Crippen molar-refractivity contribution in [2.45, 2.75) is 38.3 Å². The van der Waals surface area contributed by atoms with Gasteiger partial charge in [0, 0.05) is 19.1 Å². The van der Waals surface area contributed by atoms with Gasteiger partial charge in [0.05, 0.1) is 0 Å². The van der Waals surface area contributed by atoms with Crippen LogP contribution in [0.4, 0.5) is 0 Å². The van der Waals surface area contributed by atoms with Crippen molar-refractivity contribution in [1.82, 2.24) is 4.90 Å². The zero-order chi connectivity index (χ0) is 10.8. The van der Waals surface area contributed by atoms with E-state index < -0.39 is 0 Å². The normalized spacial score (nSPS) is 25.2. The first kappa shape index (κ1) is 10.1. The topological polar surface area (TPSA) is 3.24 Å². The molecule has 0 saturated carbocycles. The predicted molar refractivity (Wildman–Crippen MR) is 67.2 cm³/mol. The third-order valence-corrected chi connectivity index (χ3v) is 3.87. The molecule has 0 N–H and O–H groups in total. The Bertz CT molecular complexity index is 380. The molecular weight excluding hydrogens is 194 g/mol. The molecule has 0 aromatic heterocycles. The van der Waals surface area contributed by atoms with E-state index in [1.807, 2.05) is 0 Å². The van der Waals surface area contributed by atoms with E-state index in [0.717, 1.165) is 12.6 Å². The van der Waals surface area contributed by atoms with Crippen molar-refractivity contribution in [3.63, 3.8) is 0 Å². The van der Waals surface area contributed by atoms with E-state index in [2.05, 4.69) is 41.3 Å². The van der Waals surface area contributed by atoms with E-state index in [0.29, 0.717) is 0 Å². The molecule has 1 aliphatic heterocycles. The average molecular weight is 213 g/mol. The molecule has 2 aliphatic rings. The lowest BCUT2D eigenvalue weighted by Gasteiger charge is -2.27. The Hall–Kier alpha value is -1.08. The van der Waals surface area contributed by atoms with Crippen LogP contribution in [0, 0.1) is 0 Å². The summed E-state index contributed by atoms with van der Waals surface area (Å²) in [7, 11) is 0. The molecule has 0 spiro atoms. The summed E-state index contributed by atoms with van der Waals surface area (Å²) in [6, 6.07) is 11.6. The number of benzene rings is 1. The standard InChI is InChI=1S/C15H19N/c1-2-6-13(7-3-1)12-16-11-10-14-8-4-5-9-15(14)16/h1-3,6-8,15H,4-5,9-12H2. The van der Waals surface area contributed by atoms with Gasteiger partial charge in [-0.25, -0.2) is 0 Å². The summed E-state index contributed by atoms with van der Waals surface area (Å²) in [5.74, 6) is 0. The first-order chi connectivity index (χ1) is 7.93. The molecule has 1 aromatic carbocycles. The van der Waals surface area contributed by atoms with Crippen LogP contribution in [0.15, 0.2) is 42.0 Å². The van der Waals surface area contributed by atoms with Crippen LogP contribution in [0.3, 0.4) is 0 Å². The molecule has 1 aromatic rings. The lowest BCUT2D eigenvalue weighted by Crippen LogP contribution is -2.30. The summed E-state index contributed by atoms with van der Waals surface area (Å²) in [6.07, 6.45) is 7.85. The minimum atomic E-state index is 0.758. The molecule has 84 valence electrons. The van der Waals surface area contributed by atoms with Gasteiger partial charge in [0.2, 0.25) is 0 Å². The summed E-state index contributed by atoms with van der Waals surface area (Å²) >= 11 is 0. The zero-order valence-electron chi connectivity index (χ0n) is 9.73. The van der Waals surface area contributed by atoms with Crippen LogP contribution in [-0.2, 0) is 6.54 Å². The Morgan fingerprint density at radius 3 is 2.94 bits per heavy atom. The van der Waals surface area contributed by atoms with Crippen molar-refractivity contribution < 1.29 is 0 Å². The van der Waals surface area contributed by atoms with Crippen molar-refractivity contribution in [3.8, 4) is 0 Å². The zero-order valence-corrected chi connectivity index (χ0v) is 9.73. The number of hydrogen-bond acceptors (Lipinski definition) is 1. The molecule has 1 aliphatic carbocycles. The van der Waals surface area contributed by atoms with Crippen LogP contribution >= 0.6 is 0 Å². The van der Waals surface area contributed by atoms with Crippen LogP contribution in [0.2, 0.25) is 0 Å². The lowest BCUT2D eigenvalue weighted by atomic mass is 9.95. The number of hydrogen-bond donors (Lipinski definition) is 0. The van der Waals surface area contributed by atoms with E-state index in [1.165, 1.54) is 37.8 Å². The van der Waals surface area contributed by atoms with E-state index in [9.17, 15) is 0 Å². The predicted octanol–water partition coefficient (Wildman–Crippen LogP) is 3.37. The Balaban J connectivity index is 1.73. The Morgan fingerprint density at radius 2 is 2.06 bits per heavy atom. The van der Waals surface area contributed by atoms with Crippen molar-refractivity contribution in [2.24, 2.45) is 0 Å². The monoisotopic (exact) mass is 213 g/mol. The van der Waals surface area contributed by atoms with Crippen LogP contribution in [-0.4, -0.2) is 17.5 Å². The van der Waals surface area contributed by atoms with Gasteiger partial charge in [0.25, 0.3) is 0 Å². The summed E-state index contributed by atoms with van der Waals surface area (Å²) in [4.78, 5) is 2.65. The second kappa shape index (κ2) is 4.42. The van der Waals surface area contributed by atoms with Gasteiger partial charge in [-0.2, -0.15) is 0 Å². The molecule has 1 nitrogen and oxygen atoms in total. The fraction of sp³-hybridized carbons (Fsp3) is 0.467. The third-order valence-electron chi connectivity index (χ3n) is 3.87. The van der Waals surface area contributed by atoms with Crippen LogP contribution in [0.5, 0.6) is 0 Å². The van der Waals surface area contributed by atoms with Crippen LogP contribution in [0.1, 0.15) is 31.2 Å². The quantitative estimate of drug-likeness (QED) is 0.681. The third kappa shape index (κ3) is 1.92. The molecule has 3 rings (SSSR count). The van der Waals surface area contributed by atoms with Crippen molar-refractivity contribution in [3.05, 3.63) is 47.5 Å². The van der Waals surface area contributed by atoms with Gasteiger partial charge < -0.3 is 0 Å². The fourth-order valence-corrected chi connectivity index (χ4v) is 3.04. The Labute approximate surface area is 97.8 Å². The Morgan fingerprint density at radius 1 is 1.19 bits per heavy atom. The summed E-state index contributed by atoms with van der Waals surface area (Å²) in [6.45, 7) is 2.38. The molecular formula is C15H19N. The first-order valence-electron chi connectivity index (χ1n) is 6.40. The molecule has 1 fully saturated rings. The first-order valence-corrected chi connectivity index (χ1v) is 6.40. The fourth-order valence-electron chi connectivity index (χ4n) is 3.04. The second-order valence-electron chi connectivity index (χ2n) is 4.93. The average Bonchev–Trinajstić information content (AvgIpc) is 2.74. The van der Waals surface area contributed by atoms with Crippen LogP contribution in [0.25, 0.3) is 0 Å². The Kier molecular flexibility index (Phi) is 2.79. The van der Waals surface area contributed by atoms with E-state index in [-0.39, 0.29) is 0 Å². The highest BCUT2D eigenvalue weighted by Gasteiger charge is 2.29. The number of fused-ring (bicyclic) bond motifs is 1. The van der Waals surface area contributed by atoms with Gasteiger partial charge in [-0.15, -0.1) is 0 Å². The highest BCUT2D eigenvalue weighted by Crippen LogP contribution is 2.32. The molecule has 0 bridgehead atoms. The van der Waals surface area contributed by atoms with Gasteiger partial charge in [-0.3, -0.25) is 4.90 Å². The summed E-state index contributed by atoms with van der Waals surface area (Å²) < 4.78 is 0. The highest BCUT2D eigenvalue weighted by atomic mass is 15.2. The molecule has 0 radical (unpaired) electrons. The van der Waals surface area contributed by atoms with Gasteiger partial charge >= 0.3 is 0 Å². The van der Waals surface area contributed by atoms with Crippen molar-refractivity contribution >= 4 is 0 Å². The van der Waals surface area contributed by atoms with Gasteiger partial charge in [-0.1, -0.05) is 42.0 Å². The number of likely N-dealkylation sites (tertiary alicyclic amines) is 1. The molecule has 1 heterocycles. The smallest absolute Gasteiger partial charge is 0.0311 e. The minimum absolute atomic E-state index is 0.758. The molecule has 16 heavy (non-hydrogen) atoms. The molecule has 1 saturated heterocycles.